The molecule has 0 amide bonds. The number of hydrogen-bond acceptors (Lipinski definition) is 3. The molecule has 0 aliphatic heterocycles. The van der Waals surface area contributed by atoms with Crippen molar-refractivity contribution in [3.63, 3.8) is 0 Å². The van der Waals surface area contributed by atoms with E-state index in [0.29, 0.717) is 11.1 Å². The van der Waals surface area contributed by atoms with E-state index in [4.69, 9.17) is 5.11 Å². The lowest BCUT2D eigenvalue weighted by Crippen LogP contribution is -2.36. The zero-order chi connectivity index (χ0) is 16.0. The molecule has 0 spiro atoms. The van der Waals surface area contributed by atoms with Crippen molar-refractivity contribution in [3.8, 4) is 0 Å². The van der Waals surface area contributed by atoms with Gasteiger partial charge < -0.3 is 10.2 Å². The summed E-state index contributed by atoms with van der Waals surface area (Å²) in [5, 5.41) is 19.7. The zero-order valence-corrected chi connectivity index (χ0v) is 12.1. The molecule has 0 fully saturated rings. The van der Waals surface area contributed by atoms with Gasteiger partial charge in [0, 0.05) is 12.0 Å². The third-order valence-electron chi connectivity index (χ3n) is 3.59. The van der Waals surface area contributed by atoms with Crippen LogP contribution in [0.5, 0.6) is 0 Å². The minimum Gasteiger partial charge on any atom is -0.481 e. The lowest BCUT2D eigenvalue weighted by Gasteiger charge is -2.27. The van der Waals surface area contributed by atoms with Crippen LogP contribution >= 0.6 is 0 Å². The van der Waals surface area contributed by atoms with Gasteiger partial charge in [-0.25, -0.2) is 0 Å². The van der Waals surface area contributed by atoms with Crippen LogP contribution in [0.4, 0.5) is 0 Å². The van der Waals surface area contributed by atoms with E-state index in [1.807, 2.05) is 0 Å². The molecule has 2 aromatic carbocycles. The molecule has 0 aliphatic carbocycles. The van der Waals surface area contributed by atoms with E-state index in [1.165, 1.54) is 0 Å². The molecule has 0 saturated carbocycles. The van der Waals surface area contributed by atoms with Crippen LogP contribution in [-0.4, -0.2) is 22.0 Å². The normalized spacial score (nSPS) is 13.3. The molecule has 22 heavy (non-hydrogen) atoms. The van der Waals surface area contributed by atoms with Crippen LogP contribution in [0.1, 0.15) is 35.2 Å². The predicted molar refractivity (Wildman–Crippen MR) is 82.6 cm³/mol. The maximum absolute atomic E-state index is 12.7. The summed E-state index contributed by atoms with van der Waals surface area (Å²) in [6.07, 6.45) is 0.202. The highest BCUT2D eigenvalue weighted by Crippen LogP contribution is 2.31. The number of carboxylic acid groups (broad SMARTS) is 1. The first-order valence-electron chi connectivity index (χ1n) is 7.13. The summed E-state index contributed by atoms with van der Waals surface area (Å²) in [4.78, 5) is 23.4. The van der Waals surface area contributed by atoms with Gasteiger partial charge in [-0.1, -0.05) is 60.7 Å². The molecule has 2 aromatic rings. The molecule has 0 aliphatic rings. The van der Waals surface area contributed by atoms with Crippen molar-refractivity contribution in [1.29, 1.82) is 0 Å². The lowest BCUT2D eigenvalue weighted by atomic mass is 9.82. The van der Waals surface area contributed by atoms with Crippen LogP contribution in [0, 0.1) is 0 Å². The third-order valence-corrected chi connectivity index (χ3v) is 3.59. The largest absolute Gasteiger partial charge is 0.481 e. The van der Waals surface area contributed by atoms with Crippen LogP contribution in [0.3, 0.4) is 0 Å². The van der Waals surface area contributed by atoms with Crippen molar-refractivity contribution in [2.45, 2.75) is 24.9 Å². The molecule has 0 aromatic heterocycles. The summed E-state index contributed by atoms with van der Waals surface area (Å²) in [7, 11) is 0. The Morgan fingerprint density at radius 1 is 0.909 bits per heavy atom. The van der Waals surface area contributed by atoms with E-state index in [9.17, 15) is 14.7 Å². The van der Waals surface area contributed by atoms with Crippen molar-refractivity contribution in [2.75, 3.05) is 0 Å². The van der Waals surface area contributed by atoms with E-state index in [0.717, 1.165) is 0 Å². The number of hydrogen-bond donors (Lipinski definition) is 2. The van der Waals surface area contributed by atoms with Crippen molar-refractivity contribution in [2.24, 2.45) is 0 Å². The van der Waals surface area contributed by atoms with Crippen molar-refractivity contribution < 1.29 is 19.8 Å². The number of aliphatic carboxylic acids is 1. The molecule has 0 saturated heterocycles. The van der Waals surface area contributed by atoms with E-state index in [2.05, 4.69) is 0 Å². The fraction of sp³-hybridized carbons (Fsp3) is 0.222. The maximum atomic E-state index is 12.7. The second kappa shape index (κ2) is 7.00. The van der Waals surface area contributed by atoms with Crippen molar-refractivity contribution in [3.05, 3.63) is 71.8 Å². The number of Topliss-reactive ketones (excluding diaryl/α,β-unsaturated/α-hetero) is 1. The van der Waals surface area contributed by atoms with Gasteiger partial charge in [0.05, 0.1) is 0 Å². The minimum atomic E-state index is -1.71. The zero-order valence-electron chi connectivity index (χ0n) is 12.1. The Bertz CT molecular complexity index is 637. The van der Waals surface area contributed by atoms with Crippen molar-refractivity contribution in [1.82, 2.24) is 0 Å². The standard InChI is InChI=1S/C18H18O4/c19-16(20)12-7-13-18(22,15-10-5-2-6-11-15)17(21)14-8-3-1-4-9-14/h1-6,8-11,22H,7,12-13H2,(H,19,20). The minimum absolute atomic E-state index is 0.0665. The topological polar surface area (TPSA) is 74.6 Å². The van der Waals surface area contributed by atoms with Gasteiger partial charge in [-0.05, 0) is 18.4 Å². The summed E-state index contributed by atoms with van der Waals surface area (Å²) in [5.74, 6) is -1.35. The van der Waals surface area contributed by atoms with E-state index in [1.54, 1.807) is 60.7 Å². The highest BCUT2D eigenvalue weighted by molar-refractivity contribution is 6.02. The average Bonchev–Trinajstić information content (AvgIpc) is 2.55. The highest BCUT2D eigenvalue weighted by Gasteiger charge is 2.37. The van der Waals surface area contributed by atoms with Crippen LogP contribution < -0.4 is 0 Å². The summed E-state index contributed by atoms with van der Waals surface area (Å²) < 4.78 is 0. The number of benzene rings is 2. The molecule has 114 valence electrons. The van der Waals surface area contributed by atoms with Gasteiger partial charge in [-0.2, -0.15) is 0 Å². The molecular formula is C18H18O4. The molecule has 1 atom stereocenters. The number of rotatable bonds is 7. The second-order valence-electron chi connectivity index (χ2n) is 5.17. The summed E-state index contributed by atoms with van der Waals surface area (Å²) in [5.41, 5.74) is -0.823. The van der Waals surface area contributed by atoms with Gasteiger partial charge in [0.1, 0.15) is 0 Å². The molecule has 4 nitrogen and oxygen atoms in total. The van der Waals surface area contributed by atoms with Gasteiger partial charge in [0.15, 0.2) is 11.4 Å². The second-order valence-corrected chi connectivity index (χ2v) is 5.17. The molecule has 0 heterocycles. The van der Waals surface area contributed by atoms with Crippen LogP contribution in [0.25, 0.3) is 0 Å². The summed E-state index contributed by atoms with van der Waals surface area (Å²) >= 11 is 0. The Morgan fingerprint density at radius 3 is 2.00 bits per heavy atom. The molecule has 4 heteroatoms. The SMILES string of the molecule is O=C(O)CCCC(O)(C(=O)c1ccccc1)c1ccccc1. The van der Waals surface area contributed by atoms with Gasteiger partial charge in [0.25, 0.3) is 0 Å². The highest BCUT2D eigenvalue weighted by atomic mass is 16.4. The van der Waals surface area contributed by atoms with Gasteiger partial charge >= 0.3 is 5.97 Å². The summed E-state index contributed by atoms with van der Waals surface area (Å²) in [6.45, 7) is 0. The molecule has 0 radical (unpaired) electrons. The Labute approximate surface area is 129 Å². The van der Waals surface area contributed by atoms with Crippen LogP contribution in [0.2, 0.25) is 0 Å². The number of carbonyl (C=O) groups excluding carboxylic acids is 1. The molecule has 1 unspecified atom stereocenters. The average molecular weight is 298 g/mol. The molecule has 2 N–H and O–H groups in total. The lowest BCUT2D eigenvalue weighted by molar-refractivity contribution is -0.137. The molecule has 2 rings (SSSR count). The maximum Gasteiger partial charge on any atom is 0.303 e. The number of carboxylic acids is 1. The van der Waals surface area contributed by atoms with E-state index in [-0.39, 0.29) is 19.3 Å². The Morgan fingerprint density at radius 2 is 1.45 bits per heavy atom. The first kappa shape index (κ1) is 15.9. The quantitative estimate of drug-likeness (QED) is 0.771. The summed E-state index contributed by atoms with van der Waals surface area (Å²) in [6, 6.07) is 17.2. The Balaban J connectivity index is 2.33. The smallest absolute Gasteiger partial charge is 0.303 e. The molecular weight excluding hydrogens is 280 g/mol. The van der Waals surface area contributed by atoms with Crippen LogP contribution in [0.15, 0.2) is 60.7 Å². The fourth-order valence-corrected chi connectivity index (χ4v) is 2.43. The first-order chi connectivity index (χ1) is 10.5. The monoisotopic (exact) mass is 298 g/mol. The first-order valence-corrected chi connectivity index (χ1v) is 7.13. The van der Waals surface area contributed by atoms with E-state index < -0.39 is 17.4 Å². The Kier molecular flexibility index (Phi) is 5.07. The van der Waals surface area contributed by atoms with Gasteiger partial charge in [0.2, 0.25) is 0 Å². The van der Waals surface area contributed by atoms with Gasteiger partial charge in [-0.15, -0.1) is 0 Å². The van der Waals surface area contributed by atoms with Gasteiger partial charge in [-0.3, -0.25) is 9.59 Å². The predicted octanol–water partition coefficient (Wildman–Crippen LogP) is 3.01. The van der Waals surface area contributed by atoms with Crippen molar-refractivity contribution >= 4 is 11.8 Å². The van der Waals surface area contributed by atoms with E-state index >= 15 is 0 Å². The number of aliphatic hydroxyl groups is 1. The van der Waals surface area contributed by atoms with Crippen LogP contribution in [-0.2, 0) is 10.4 Å². The Hall–Kier alpha value is -2.46. The number of ketones is 1. The fourth-order valence-electron chi connectivity index (χ4n) is 2.43. The number of carbonyl (C=O) groups is 2. The molecule has 0 bridgehead atoms. The third kappa shape index (κ3) is 3.59.